The summed E-state index contributed by atoms with van der Waals surface area (Å²) < 4.78 is 91.3. The minimum absolute atomic E-state index is 0.00806. The molecule has 0 spiro atoms. The van der Waals surface area contributed by atoms with E-state index in [2.05, 4.69) is 10.3 Å². The van der Waals surface area contributed by atoms with Crippen molar-refractivity contribution in [1.82, 2.24) is 4.98 Å². The summed E-state index contributed by atoms with van der Waals surface area (Å²) in [4.78, 5) is 29.0. The lowest BCUT2D eigenvalue weighted by Crippen LogP contribution is -2.16. The molecular formula is C24H15F6N3O4S. The third kappa shape index (κ3) is 4.66. The highest BCUT2D eigenvalue weighted by Gasteiger charge is 2.32. The van der Waals surface area contributed by atoms with Gasteiger partial charge >= 0.3 is 0 Å². The Morgan fingerprint density at radius 3 is 2.42 bits per heavy atom. The fraction of sp³-hybridized carbons (Fsp3) is 0.208. The number of alkyl halides is 2. The van der Waals surface area contributed by atoms with E-state index in [1.807, 2.05) is 0 Å². The lowest BCUT2D eigenvalue weighted by atomic mass is 10.0. The summed E-state index contributed by atoms with van der Waals surface area (Å²) in [7, 11) is 0. The molecule has 1 aliphatic carbocycles. The van der Waals surface area contributed by atoms with Crippen molar-refractivity contribution >= 4 is 39.1 Å². The van der Waals surface area contributed by atoms with Crippen molar-refractivity contribution in [3.63, 3.8) is 0 Å². The van der Waals surface area contributed by atoms with Crippen LogP contribution in [0.5, 0.6) is 5.75 Å². The number of ether oxygens (including phenoxy) is 1. The second-order valence-electron chi connectivity index (χ2n) is 8.37. The van der Waals surface area contributed by atoms with Crippen molar-refractivity contribution in [2.24, 2.45) is 5.73 Å². The Balaban J connectivity index is 1.42. The fourth-order valence-corrected chi connectivity index (χ4v) is 4.86. The molecule has 1 aliphatic rings. The summed E-state index contributed by atoms with van der Waals surface area (Å²) in [6.07, 6.45) is -1.38. The highest BCUT2D eigenvalue weighted by atomic mass is 32.1. The molecule has 38 heavy (non-hydrogen) atoms. The summed E-state index contributed by atoms with van der Waals surface area (Å²) in [5.41, 5.74) is 5.50. The molecule has 4 aromatic rings. The standard InChI is InChI=1S/C24H15F6N3O4S/c25-11-6-12(26)17(28)19(16(11)27)36-7-9-3-4-14(37-9)23(35)33-18-15-10(8-1-2-8)5-13(21(29)30)32-24(15)38-20(18)22(31)34/h3-6,8,21H,1-2,7H2,(H2,31,34)(H,33,35). The van der Waals surface area contributed by atoms with E-state index in [0.717, 1.165) is 24.2 Å². The quantitative estimate of drug-likeness (QED) is 0.199. The zero-order valence-electron chi connectivity index (χ0n) is 18.9. The molecule has 198 valence electrons. The predicted molar refractivity (Wildman–Crippen MR) is 122 cm³/mol. The van der Waals surface area contributed by atoms with Crippen molar-refractivity contribution in [3.05, 3.63) is 75.2 Å². The first-order chi connectivity index (χ1) is 18.0. The van der Waals surface area contributed by atoms with Gasteiger partial charge in [0.2, 0.25) is 11.6 Å². The Labute approximate surface area is 213 Å². The van der Waals surface area contributed by atoms with Crippen LogP contribution >= 0.6 is 11.3 Å². The number of rotatable bonds is 8. The van der Waals surface area contributed by atoms with Crippen LogP contribution in [-0.4, -0.2) is 16.8 Å². The lowest BCUT2D eigenvalue weighted by molar-refractivity contribution is 0.0992. The topological polar surface area (TPSA) is 107 Å². The number of benzene rings is 1. The van der Waals surface area contributed by atoms with E-state index in [4.69, 9.17) is 14.9 Å². The molecule has 5 rings (SSSR count). The zero-order valence-corrected chi connectivity index (χ0v) is 19.7. The van der Waals surface area contributed by atoms with Crippen molar-refractivity contribution in [1.29, 1.82) is 0 Å². The van der Waals surface area contributed by atoms with Gasteiger partial charge in [-0.15, -0.1) is 11.3 Å². The number of amides is 2. The number of fused-ring (bicyclic) bond motifs is 1. The van der Waals surface area contributed by atoms with Gasteiger partial charge in [-0.05, 0) is 42.5 Å². The van der Waals surface area contributed by atoms with E-state index in [1.165, 1.54) is 18.2 Å². The Kier molecular flexibility index (Phi) is 6.51. The number of thiophene rings is 1. The number of nitrogens with zero attached hydrogens (tertiary/aromatic N) is 1. The monoisotopic (exact) mass is 555 g/mol. The molecule has 3 aromatic heterocycles. The van der Waals surface area contributed by atoms with Crippen LogP contribution in [0.15, 0.2) is 28.7 Å². The molecule has 3 N–H and O–H groups in total. The van der Waals surface area contributed by atoms with Gasteiger partial charge in [0.1, 0.15) is 27.8 Å². The Hall–Kier alpha value is -4.07. The van der Waals surface area contributed by atoms with Gasteiger partial charge in [0.25, 0.3) is 18.2 Å². The second-order valence-corrected chi connectivity index (χ2v) is 9.37. The molecule has 1 aromatic carbocycles. The maximum absolute atomic E-state index is 13.8. The SMILES string of the molecule is NC(=O)c1sc2nc(C(F)F)cc(C3CC3)c2c1NC(=O)c1ccc(COc2c(F)c(F)cc(F)c2F)o1. The third-order valence-corrected chi connectivity index (χ3v) is 6.83. The number of hydrogen-bond acceptors (Lipinski definition) is 6. The van der Waals surface area contributed by atoms with Crippen molar-refractivity contribution < 1.29 is 45.1 Å². The minimum atomic E-state index is -2.84. The van der Waals surface area contributed by atoms with Gasteiger partial charge in [0, 0.05) is 11.5 Å². The maximum atomic E-state index is 13.8. The number of furan rings is 1. The summed E-state index contributed by atoms with van der Waals surface area (Å²) in [5.74, 6) is -10.4. The van der Waals surface area contributed by atoms with Crippen LogP contribution in [0.25, 0.3) is 10.2 Å². The number of nitrogens with one attached hydrogen (secondary N) is 1. The number of primary amides is 1. The highest BCUT2D eigenvalue weighted by Crippen LogP contribution is 2.48. The van der Waals surface area contributed by atoms with Gasteiger partial charge in [-0.3, -0.25) is 9.59 Å². The normalized spacial score (nSPS) is 13.3. The number of carbonyl (C=O) groups excluding carboxylic acids is 2. The van der Waals surface area contributed by atoms with Gasteiger partial charge in [0.05, 0.1) is 5.69 Å². The molecule has 2 amide bonds. The van der Waals surface area contributed by atoms with Crippen molar-refractivity contribution in [2.75, 3.05) is 5.32 Å². The fourth-order valence-electron chi connectivity index (χ4n) is 3.84. The molecule has 0 bridgehead atoms. The van der Waals surface area contributed by atoms with Gasteiger partial charge in [-0.1, -0.05) is 0 Å². The Morgan fingerprint density at radius 2 is 1.82 bits per heavy atom. The number of carbonyl (C=O) groups is 2. The molecule has 0 aliphatic heterocycles. The molecule has 0 unspecified atom stereocenters. The molecule has 0 atom stereocenters. The second kappa shape index (κ2) is 9.67. The predicted octanol–water partition coefficient (Wildman–Crippen LogP) is 6.19. The van der Waals surface area contributed by atoms with E-state index in [9.17, 15) is 35.9 Å². The van der Waals surface area contributed by atoms with Crippen LogP contribution in [0.2, 0.25) is 0 Å². The zero-order chi connectivity index (χ0) is 27.3. The van der Waals surface area contributed by atoms with Gasteiger partial charge in [-0.2, -0.15) is 8.78 Å². The molecule has 0 radical (unpaired) electrons. The molecular weight excluding hydrogens is 540 g/mol. The Morgan fingerprint density at radius 1 is 1.13 bits per heavy atom. The largest absolute Gasteiger partial charge is 0.479 e. The summed E-state index contributed by atoms with van der Waals surface area (Å²) in [5, 5.41) is 2.83. The van der Waals surface area contributed by atoms with E-state index < -0.39 is 59.6 Å². The number of aromatic nitrogens is 1. The first kappa shape index (κ1) is 25.6. The van der Waals surface area contributed by atoms with Crippen LogP contribution in [0.1, 0.15) is 62.4 Å². The van der Waals surface area contributed by atoms with E-state index in [-0.39, 0.29) is 38.9 Å². The van der Waals surface area contributed by atoms with Crippen LogP contribution in [0, 0.1) is 23.3 Å². The molecule has 1 saturated carbocycles. The van der Waals surface area contributed by atoms with E-state index in [1.54, 1.807) is 0 Å². The summed E-state index contributed by atoms with van der Waals surface area (Å²) in [6, 6.07) is 3.67. The lowest BCUT2D eigenvalue weighted by Gasteiger charge is -2.09. The van der Waals surface area contributed by atoms with Crippen molar-refractivity contribution in [2.45, 2.75) is 31.8 Å². The first-order valence-corrected chi connectivity index (χ1v) is 11.8. The number of nitrogens with two attached hydrogens (primary N) is 1. The van der Waals surface area contributed by atoms with Gasteiger partial charge < -0.3 is 20.2 Å². The van der Waals surface area contributed by atoms with E-state index >= 15 is 0 Å². The average Bonchev–Trinajstić information content (AvgIpc) is 3.49. The molecule has 0 saturated heterocycles. The molecule has 7 nitrogen and oxygen atoms in total. The Bertz CT molecular complexity index is 1570. The minimum Gasteiger partial charge on any atom is -0.479 e. The van der Waals surface area contributed by atoms with Crippen LogP contribution < -0.4 is 15.8 Å². The van der Waals surface area contributed by atoms with Crippen molar-refractivity contribution in [3.8, 4) is 5.75 Å². The summed E-state index contributed by atoms with van der Waals surface area (Å²) in [6.45, 7) is -0.690. The van der Waals surface area contributed by atoms with Gasteiger partial charge in [0.15, 0.2) is 23.1 Å². The van der Waals surface area contributed by atoms with Gasteiger partial charge in [-0.25, -0.2) is 22.5 Å². The molecule has 3 heterocycles. The van der Waals surface area contributed by atoms with Crippen LogP contribution in [0.3, 0.4) is 0 Å². The molecule has 1 fully saturated rings. The smallest absolute Gasteiger partial charge is 0.291 e. The third-order valence-electron chi connectivity index (χ3n) is 5.73. The summed E-state index contributed by atoms with van der Waals surface area (Å²) >= 11 is 0.759. The van der Waals surface area contributed by atoms with Crippen LogP contribution in [-0.2, 0) is 6.61 Å². The average molecular weight is 555 g/mol. The number of halogens is 6. The van der Waals surface area contributed by atoms with Crippen LogP contribution in [0.4, 0.5) is 32.0 Å². The number of anilines is 1. The molecule has 14 heteroatoms. The number of pyridine rings is 1. The highest BCUT2D eigenvalue weighted by molar-refractivity contribution is 7.21. The first-order valence-electron chi connectivity index (χ1n) is 11.0. The maximum Gasteiger partial charge on any atom is 0.291 e. The number of hydrogen-bond donors (Lipinski definition) is 2. The van der Waals surface area contributed by atoms with E-state index in [0.29, 0.717) is 10.9 Å².